The Bertz CT molecular complexity index is 1710. The number of hydrogen-bond acceptors (Lipinski definition) is 2. The number of ketones is 1. The van der Waals surface area contributed by atoms with Crippen LogP contribution in [-0.2, 0) is 0 Å². The Balaban J connectivity index is 1.45. The molecule has 0 fully saturated rings. The smallest absolute Gasteiger partial charge is 0.193 e. The lowest BCUT2D eigenvalue weighted by Gasteiger charge is -2.49. The molecule has 6 aromatic rings. The quantitative estimate of drug-likeness (QED) is 0.205. The molecule has 0 aliphatic carbocycles. The lowest BCUT2D eigenvalue weighted by atomic mass is 10.0. The maximum Gasteiger partial charge on any atom is 0.193 e. The summed E-state index contributed by atoms with van der Waals surface area (Å²) < 4.78 is 0. The molecule has 0 bridgehead atoms. The number of hydrogen-bond donors (Lipinski definition) is 0. The number of fused-ring (bicyclic) bond motifs is 2. The Morgan fingerprint density at radius 3 is 1.32 bits per heavy atom. The van der Waals surface area contributed by atoms with Gasteiger partial charge in [-0.05, 0) is 72.8 Å². The van der Waals surface area contributed by atoms with E-state index in [9.17, 15) is 4.79 Å². The highest BCUT2D eigenvalue weighted by molar-refractivity contribution is 8.34. The number of carbonyl (C=O) groups is 1. The molecule has 0 saturated heterocycles. The Morgan fingerprint density at radius 1 is 0.425 bits per heavy atom. The number of benzene rings is 6. The van der Waals surface area contributed by atoms with E-state index in [1.807, 2.05) is 42.5 Å². The first-order valence-corrected chi connectivity index (χ1v) is 15.0. The predicted molar refractivity (Wildman–Crippen MR) is 165 cm³/mol. The first kappa shape index (κ1) is 24.2. The van der Waals surface area contributed by atoms with E-state index in [1.165, 1.54) is 19.6 Å². The van der Waals surface area contributed by atoms with Gasteiger partial charge in [-0.2, -0.15) is 0 Å². The molecule has 6 aromatic carbocycles. The summed E-state index contributed by atoms with van der Waals surface area (Å²) in [5.41, 5.74) is 4.72. The van der Waals surface area contributed by atoms with Crippen molar-refractivity contribution < 1.29 is 4.79 Å². The molecule has 1 aliphatic rings. The third-order valence-electron chi connectivity index (χ3n) is 7.49. The number of carbonyl (C=O) groups excluding carboxylic acids is 1. The molecule has 3 heteroatoms. The first-order chi connectivity index (χ1) is 19.8. The number of para-hydroxylation sites is 2. The van der Waals surface area contributed by atoms with Gasteiger partial charge in [0.15, 0.2) is 5.78 Å². The van der Waals surface area contributed by atoms with Crippen LogP contribution in [-0.4, -0.2) is 5.78 Å². The molecule has 1 heterocycles. The van der Waals surface area contributed by atoms with Crippen LogP contribution in [0.2, 0.25) is 0 Å². The zero-order valence-electron chi connectivity index (χ0n) is 21.9. The molecule has 0 spiro atoms. The van der Waals surface area contributed by atoms with Gasteiger partial charge in [0.2, 0.25) is 0 Å². The zero-order chi connectivity index (χ0) is 26.9. The second kappa shape index (κ2) is 10.0. The monoisotopic (exact) mass is 533 g/mol. The van der Waals surface area contributed by atoms with Crippen molar-refractivity contribution in [3.63, 3.8) is 0 Å². The van der Waals surface area contributed by atoms with Crippen molar-refractivity contribution in [2.45, 2.75) is 19.6 Å². The summed E-state index contributed by atoms with van der Waals surface area (Å²) in [5.74, 6) is 0.0308. The maximum absolute atomic E-state index is 13.1. The third-order valence-corrected chi connectivity index (χ3v) is 11.5. The van der Waals surface area contributed by atoms with Gasteiger partial charge in [-0.25, -0.2) is 0 Å². The Hall–Kier alpha value is -4.86. The van der Waals surface area contributed by atoms with Crippen LogP contribution in [0.25, 0.3) is 0 Å². The van der Waals surface area contributed by atoms with Crippen molar-refractivity contribution in [1.29, 1.82) is 0 Å². The van der Waals surface area contributed by atoms with Crippen LogP contribution in [0.1, 0.15) is 15.9 Å². The Morgan fingerprint density at radius 2 is 0.825 bits per heavy atom. The van der Waals surface area contributed by atoms with Crippen molar-refractivity contribution in [2.24, 2.45) is 0 Å². The molecule has 1 aliphatic heterocycles. The fourth-order valence-corrected chi connectivity index (χ4v) is 9.91. The molecule has 2 nitrogen and oxygen atoms in total. The largest absolute Gasteiger partial charge is 0.308 e. The van der Waals surface area contributed by atoms with E-state index in [4.69, 9.17) is 0 Å². The molecule has 0 N–H and O–H groups in total. The topological polar surface area (TPSA) is 20.3 Å². The van der Waals surface area contributed by atoms with Gasteiger partial charge in [-0.1, -0.05) is 91.0 Å². The van der Waals surface area contributed by atoms with Crippen molar-refractivity contribution in [1.82, 2.24) is 0 Å². The van der Waals surface area contributed by atoms with E-state index in [1.54, 1.807) is 0 Å². The van der Waals surface area contributed by atoms with Crippen molar-refractivity contribution in [3.8, 4) is 0 Å². The highest BCUT2D eigenvalue weighted by Gasteiger charge is 2.42. The Kier molecular flexibility index (Phi) is 6.07. The van der Waals surface area contributed by atoms with E-state index in [-0.39, 0.29) is 5.78 Å². The second-order valence-corrected chi connectivity index (χ2v) is 12.8. The minimum Gasteiger partial charge on any atom is -0.308 e. The van der Waals surface area contributed by atoms with Crippen molar-refractivity contribution in [3.05, 3.63) is 175 Å². The van der Waals surface area contributed by atoms with Gasteiger partial charge < -0.3 is 4.90 Å². The van der Waals surface area contributed by atoms with Crippen LogP contribution in [0.15, 0.2) is 183 Å². The average molecular weight is 534 g/mol. The van der Waals surface area contributed by atoms with Gasteiger partial charge in [0, 0.05) is 36.4 Å². The molecule has 7 rings (SSSR count). The summed E-state index contributed by atoms with van der Waals surface area (Å²) in [4.78, 5) is 20.7. The number of rotatable bonds is 5. The van der Waals surface area contributed by atoms with Crippen LogP contribution >= 0.6 is 10.0 Å². The third kappa shape index (κ3) is 3.78. The fourth-order valence-electron chi connectivity index (χ4n) is 5.74. The molecule has 40 heavy (non-hydrogen) atoms. The molecule has 0 atom stereocenters. The lowest BCUT2D eigenvalue weighted by molar-refractivity contribution is 0.103. The summed E-state index contributed by atoms with van der Waals surface area (Å²) >= 11 is 0. The van der Waals surface area contributed by atoms with Crippen molar-refractivity contribution >= 4 is 32.9 Å². The standard InChI is InChI=1S/C37H27NOS/c39-37(28-14-4-1-5-15-28)29-24-26-30(27-25-29)38-33-20-10-12-22-35(33)40(31-16-6-2-7-17-31,32-18-8-3-9-19-32)36-23-13-11-21-34(36)38/h1-27H. The minimum absolute atomic E-state index is 0.0308. The predicted octanol–water partition coefficient (Wildman–Crippen LogP) is 10.0. The van der Waals surface area contributed by atoms with Crippen LogP contribution in [0, 0.1) is 0 Å². The summed E-state index contributed by atoms with van der Waals surface area (Å²) in [6.45, 7) is 0. The summed E-state index contributed by atoms with van der Waals surface area (Å²) in [6, 6.07) is 56.9. The zero-order valence-corrected chi connectivity index (χ0v) is 22.7. The molecule has 0 unspecified atom stereocenters. The van der Waals surface area contributed by atoms with E-state index in [0.29, 0.717) is 11.1 Å². The lowest BCUT2D eigenvalue weighted by Crippen LogP contribution is -2.21. The molecule has 0 radical (unpaired) electrons. The van der Waals surface area contributed by atoms with E-state index >= 15 is 0 Å². The molecular weight excluding hydrogens is 506 g/mol. The van der Waals surface area contributed by atoms with Gasteiger partial charge >= 0.3 is 0 Å². The van der Waals surface area contributed by atoms with E-state index < -0.39 is 10.0 Å². The summed E-state index contributed by atoms with van der Waals surface area (Å²) in [5, 5.41) is 0. The molecule has 192 valence electrons. The summed E-state index contributed by atoms with van der Waals surface area (Å²) in [6.07, 6.45) is 0. The van der Waals surface area contributed by atoms with Gasteiger partial charge in [0.25, 0.3) is 0 Å². The molecule has 0 aromatic heterocycles. The minimum atomic E-state index is -1.77. The average Bonchev–Trinajstić information content (AvgIpc) is 3.04. The highest BCUT2D eigenvalue weighted by atomic mass is 32.3. The summed E-state index contributed by atoms with van der Waals surface area (Å²) in [7, 11) is -1.77. The van der Waals surface area contributed by atoms with Crippen LogP contribution in [0.5, 0.6) is 0 Å². The van der Waals surface area contributed by atoms with Gasteiger partial charge in [-0.15, -0.1) is 10.0 Å². The Labute approximate surface area is 236 Å². The van der Waals surface area contributed by atoms with Crippen LogP contribution in [0.4, 0.5) is 17.1 Å². The van der Waals surface area contributed by atoms with Crippen LogP contribution in [0.3, 0.4) is 0 Å². The van der Waals surface area contributed by atoms with E-state index in [0.717, 1.165) is 17.1 Å². The van der Waals surface area contributed by atoms with Gasteiger partial charge in [0.1, 0.15) is 0 Å². The van der Waals surface area contributed by atoms with Crippen LogP contribution < -0.4 is 4.90 Å². The highest BCUT2D eigenvalue weighted by Crippen LogP contribution is 2.79. The van der Waals surface area contributed by atoms with Crippen molar-refractivity contribution in [2.75, 3.05) is 4.90 Å². The van der Waals surface area contributed by atoms with Gasteiger partial charge in [-0.3, -0.25) is 4.79 Å². The fraction of sp³-hybridized carbons (Fsp3) is 0. The second-order valence-electron chi connectivity index (χ2n) is 9.75. The maximum atomic E-state index is 13.1. The molecular formula is C37H27NOS. The number of nitrogens with zero attached hydrogens (tertiary/aromatic N) is 1. The number of anilines is 3. The molecule has 0 amide bonds. The van der Waals surface area contributed by atoms with E-state index in [2.05, 4.69) is 126 Å². The SMILES string of the molecule is O=C(c1ccccc1)c1ccc(N2c3ccccc3S(c3ccccc3)(c3ccccc3)c3ccccc32)cc1. The van der Waals surface area contributed by atoms with Gasteiger partial charge in [0.05, 0.1) is 11.4 Å². The molecule has 0 saturated carbocycles. The normalized spacial score (nSPS) is 14.1. The first-order valence-electron chi connectivity index (χ1n) is 13.4.